The molecule has 0 aliphatic rings. The van der Waals surface area contributed by atoms with Crippen molar-refractivity contribution in [1.82, 2.24) is 10.6 Å². The second kappa shape index (κ2) is 25.9. The average molecular weight is 848 g/mol. The number of hydrogen-bond acceptors (Lipinski definition) is 21. The lowest BCUT2D eigenvalue weighted by atomic mass is 10.4. The van der Waals surface area contributed by atoms with Gasteiger partial charge in [0.1, 0.15) is 18.1 Å². The van der Waals surface area contributed by atoms with Crippen molar-refractivity contribution in [3.63, 3.8) is 0 Å². The van der Waals surface area contributed by atoms with E-state index in [1.807, 2.05) is 0 Å². The first-order valence-corrected chi connectivity index (χ1v) is 22.8. The van der Waals surface area contributed by atoms with Gasteiger partial charge in [-0.3, -0.25) is 51.3 Å². The number of nitrogens with one attached hydrogen (secondary N) is 2. The van der Waals surface area contributed by atoms with E-state index in [0.29, 0.717) is 0 Å². The molecule has 6 unspecified atom stereocenters. The van der Waals surface area contributed by atoms with Crippen LogP contribution < -0.4 is 10.6 Å². The second-order valence-electron chi connectivity index (χ2n) is 8.09. The van der Waals surface area contributed by atoms with Crippen molar-refractivity contribution in [3.05, 3.63) is 0 Å². The van der Waals surface area contributed by atoms with Gasteiger partial charge in [0.25, 0.3) is 0 Å². The maximum Gasteiger partial charge on any atom is 0.473 e. The molecular weight excluding hydrogens is 807 g/mol. The highest BCUT2D eigenvalue weighted by Crippen LogP contribution is 2.49. The Bertz CT molecular complexity index is 1110. The van der Waals surface area contributed by atoms with Crippen LogP contribution in [-0.2, 0) is 73.0 Å². The van der Waals surface area contributed by atoms with E-state index in [2.05, 4.69) is 42.3 Å². The summed E-state index contributed by atoms with van der Waals surface area (Å²) in [7, 11) is -19.5. The van der Waals surface area contributed by atoms with Gasteiger partial charge in [0.15, 0.2) is 0 Å². The van der Waals surface area contributed by atoms with E-state index in [-0.39, 0.29) is 25.3 Å². The maximum atomic E-state index is 12.4. The van der Waals surface area contributed by atoms with Crippen molar-refractivity contribution in [2.75, 3.05) is 92.3 Å². The van der Waals surface area contributed by atoms with Crippen molar-refractivity contribution < 1.29 is 107 Å². The van der Waals surface area contributed by atoms with Gasteiger partial charge in [0.2, 0.25) is 0 Å². The highest BCUT2D eigenvalue weighted by atomic mass is 33.1. The molecule has 0 spiro atoms. The summed E-state index contributed by atoms with van der Waals surface area (Å²) in [5, 5.41) is 13.8. The van der Waals surface area contributed by atoms with Crippen LogP contribution in [0.25, 0.3) is 0 Å². The molecule has 0 rings (SSSR count). The SMILES string of the molecule is CNCOCC(COP(=O)(O)OCCOP(=O)(O)OC(COCNC)COP(=O)(O)OCCOP(=O)(O)OCSSCO)OP(=O)(O)O. The number of ether oxygens (including phenoxy) is 2. The molecule has 0 amide bonds. The van der Waals surface area contributed by atoms with E-state index in [4.69, 9.17) is 33.4 Å². The highest BCUT2D eigenvalue weighted by molar-refractivity contribution is 8.76. The molecule has 0 saturated heterocycles. The lowest BCUT2D eigenvalue weighted by Gasteiger charge is -2.22. The molecule has 0 aromatic heterocycles. The van der Waals surface area contributed by atoms with Crippen molar-refractivity contribution in [2.45, 2.75) is 12.2 Å². The predicted octanol–water partition coefficient (Wildman–Crippen LogP) is 0.0430. The zero-order valence-electron chi connectivity index (χ0n) is 25.4. The zero-order chi connectivity index (χ0) is 36.7. The molecule has 0 aromatic rings. The maximum absolute atomic E-state index is 12.4. The fourth-order valence-electron chi connectivity index (χ4n) is 2.45. The molecule has 9 N–H and O–H groups in total. The Kier molecular flexibility index (Phi) is 26.5. The van der Waals surface area contributed by atoms with Crippen LogP contribution in [0.15, 0.2) is 0 Å². The predicted molar refractivity (Wildman–Crippen MR) is 165 cm³/mol. The van der Waals surface area contributed by atoms with Crippen LogP contribution >= 0.6 is 60.7 Å². The van der Waals surface area contributed by atoms with E-state index in [9.17, 15) is 42.4 Å². The lowest BCUT2D eigenvalue weighted by Crippen LogP contribution is -2.27. The third-order valence-corrected chi connectivity index (χ3v) is 10.4. The summed E-state index contributed by atoms with van der Waals surface area (Å²) in [6, 6.07) is 0. The largest absolute Gasteiger partial charge is 0.473 e. The number of aliphatic hydroxyl groups is 1. The topological polar surface area (TPSA) is 353 Å². The summed E-state index contributed by atoms with van der Waals surface area (Å²) in [5.74, 6) is -0.573. The van der Waals surface area contributed by atoms with E-state index in [1.165, 1.54) is 14.1 Å². The number of phosphoric ester groups is 5. The molecule has 0 fully saturated rings. The van der Waals surface area contributed by atoms with E-state index >= 15 is 0 Å². The lowest BCUT2D eigenvalue weighted by molar-refractivity contribution is -0.0102. The van der Waals surface area contributed by atoms with Crippen LogP contribution in [0.5, 0.6) is 0 Å². The molecular formula is C16H41N2O23P5S2. The molecule has 0 radical (unpaired) electrons. The molecule has 6 atom stereocenters. The van der Waals surface area contributed by atoms with Crippen molar-refractivity contribution >= 4 is 60.7 Å². The Morgan fingerprint density at radius 3 is 1.33 bits per heavy atom. The van der Waals surface area contributed by atoms with E-state index < -0.39 is 104 Å². The molecule has 0 saturated carbocycles. The number of hydrogen-bond donors (Lipinski definition) is 9. The number of aliphatic hydroxyl groups excluding tert-OH is 1. The minimum atomic E-state index is -5.03. The molecule has 0 heterocycles. The first kappa shape index (κ1) is 49.0. The minimum absolute atomic E-state index is 0.0498. The minimum Gasteiger partial charge on any atom is -0.385 e. The van der Waals surface area contributed by atoms with Crippen molar-refractivity contribution in [3.8, 4) is 0 Å². The standard InChI is InChI=1S/C16H41N2O23P5S2/c1-17-11-31-7-15(40-42(20,21)22)9-37-43(23,24)34-5-6-36-46(29,30)41-16(8-32-12-18-2)10-38-44(25,26)33-3-4-35-45(27,28)39-14-48-47-13-19/h15-19H,3-14H2,1-2H3,(H,23,24)(H,25,26)(H,27,28)(H,29,30)(H2,20,21,22). The second-order valence-corrected chi connectivity index (χ2v) is 17.4. The monoisotopic (exact) mass is 848 g/mol. The number of rotatable bonds is 33. The van der Waals surface area contributed by atoms with Crippen LogP contribution in [0.3, 0.4) is 0 Å². The first-order valence-electron chi connectivity index (χ1n) is 12.8. The summed E-state index contributed by atoms with van der Waals surface area (Å²) in [6.45, 7) is -5.97. The van der Waals surface area contributed by atoms with Crippen LogP contribution in [0.4, 0.5) is 0 Å². The van der Waals surface area contributed by atoms with Crippen molar-refractivity contribution in [2.24, 2.45) is 0 Å². The van der Waals surface area contributed by atoms with Gasteiger partial charge in [0, 0.05) is 0 Å². The van der Waals surface area contributed by atoms with Crippen LogP contribution in [-0.4, -0.2) is 139 Å². The molecule has 290 valence electrons. The normalized spacial score (nSPS) is 18.8. The van der Waals surface area contributed by atoms with Crippen LogP contribution in [0, 0.1) is 0 Å². The average Bonchev–Trinajstić information content (AvgIpc) is 2.97. The van der Waals surface area contributed by atoms with Gasteiger partial charge in [-0.2, -0.15) is 0 Å². The van der Waals surface area contributed by atoms with Gasteiger partial charge in [-0.05, 0) is 14.1 Å². The zero-order valence-corrected chi connectivity index (χ0v) is 31.5. The molecule has 48 heavy (non-hydrogen) atoms. The molecule has 25 nitrogen and oxygen atoms in total. The molecule has 0 aliphatic carbocycles. The van der Waals surface area contributed by atoms with Crippen LogP contribution in [0.1, 0.15) is 0 Å². The van der Waals surface area contributed by atoms with Gasteiger partial charge in [-0.25, -0.2) is 22.8 Å². The fourth-order valence-corrected chi connectivity index (χ4v) is 7.34. The highest BCUT2D eigenvalue weighted by Gasteiger charge is 2.32. The smallest absolute Gasteiger partial charge is 0.385 e. The third-order valence-electron chi connectivity index (χ3n) is 4.10. The van der Waals surface area contributed by atoms with E-state index in [0.717, 1.165) is 21.6 Å². The summed E-state index contributed by atoms with van der Waals surface area (Å²) in [4.78, 5) is 57.1. The Morgan fingerprint density at radius 2 is 0.938 bits per heavy atom. The summed E-state index contributed by atoms with van der Waals surface area (Å²) in [5.41, 5.74) is 0. The van der Waals surface area contributed by atoms with Gasteiger partial charge in [-0.1, -0.05) is 21.6 Å². The Balaban J connectivity index is 4.82. The Hall–Kier alpha value is 1.05. The van der Waals surface area contributed by atoms with Crippen molar-refractivity contribution in [1.29, 1.82) is 0 Å². The van der Waals surface area contributed by atoms with Gasteiger partial charge >= 0.3 is 39.1 Å². The van der Waals surface area contributed by atoms with Gasteiger partial charge < -0.3 is 43.9 Å². The van der Waals surface area contributed by atoms with E-state index in [1.54, 1.807) is 0 Å². The molecule has 0 aromatic carbocycles. The molecule has 0 bridgehead atoms. The summed E-state index contributed by atoms with van der Waals surface area (Å²) in [6.07, 6.45) is -3.03. The fraction of sp³-hybridized carbons (Fsp3) is 1.00. The molecule has 0 aliphatic heterocycles. The third kappa shape index (κ3) is 29.6. The van der Waals surface area contributed by atoms with Gasteiger partial charge in [0.05, 0.1) is 72.3 Å². The Morgan fingerprint density at radius 1 is 0.542 bits per heavy atom. The van der Waals surface area contributed by atoms with Gasteiger partial charge in [-0.15, -0.1) is 0 Å². The summed E-state index contributed by atoms with van der Waals surface area (Å²) >= 11 is 0. The molecule has 32 heteroatoms. The number of phosphoric acid groups is 5. The summed E-state index contributed by atoms with van der Waals surface area (Å²) < 4.78 is 111. The Labute approximate surface area is 283 Å². The first-order chi connectivity index (χ1) is 22.3. The quantitative estimate of drug-likeness (QED) is 0.0182. The van der Waals surface area contributed by atoms with Crippen LogP contribution in [0.2, 0.25) is 0 Å².